The molecular formula is C14H18N4O. The average molecular weight is 258 g/mol. The second-order valence-corrected chi connectivity index (χ2v) is 4.94. The Bertz CT molecular complexity index is 601. The minimum absolute atomic E-state index is 0.468. The number of methoxy groups -OCH3 is 1. The molecule has 0 atom stereocenters. The van der Waals surface area contributed by atoms with Gasteiger partial charge in [-0.25, -0.2) is 9.66 Å². The number of anilines is 1. The third-order valence-electron chi connectivity index (χ3n) is 3.49. The molecular weight excluding hydrogens is 240 g/mol. The van der Waals surface area contributed by atoms with Crippen LogP contribution in [0.5, 0.6) is 0 Å². The molecule has 1 aliphatic rings. The van der Waals surface area contributed by atoms with E-state index >= 15 is 0 Å². The molecule has 0 saturated heterocycles. The average Bonchev–Trinajstić information content (AvgIpc) is 3.21. The standard InChI is InChI=1S/C14H18N4O/c1-19-8-10-4-2-3-5-11(10)12-13(15)18(16)14(17-12)9-6-7-9/h2-5,9H,6-8,15-16H2,1H3. The second kappa shape index (κ2) is 4.59. The maximum Gasteiger partial charge on any atom is 0.150 e. The van der Waals surface area contributed by atoms with Crippen LogP contribution in [0.1, 0.15) is 30.1 Å². The van der Waals surface area contributed by atoms with Crippen LogP contribution in [0.2, 0.25) is 0 Å². The van der Waals surface area contributed by atoms with Gasteiger partial charge in [-0.1, -0.05) is 24.3 Å². The van der Waals surface area contributed by atoms with Crippen molar-refractivity contribution in [2.75, 3.05) is 18.7 Å². The van der Waals surface area contributed by atoms with E-state index < -0.39 is 0 Å². The summed E-state index contributed by atoms with van der Waals surface area (Å²) >= 11 is 0. The normalized spacial score (nSPS) is 14.8. The van der Waals surface area contributed by atoms with E-state index in [1.165, 1.54) is 4.68 Å². The third kappa shape index (κ3) is 2.06. The molecule has 1 aromatic carbocycles. The molecule has 19 heavy (non-hydrogen) atoms. The first-order valence-electron chi connectivity index (χ1n) is 6.42. The molecule has 3 rings (SSSR count). The maximum absolute atomic E-state index is 6.10. The van der Waals surface area contributed by atoms with Gasteiger partial charge in [0.2, 0.25) is 0 Å². The zero-order valence-corrected chi connectivity index (χ0v) is 11.0. The number of imidazole rings is 1. The van der Waals surface area contributed by atoms with E-state index in [0.29, 0.717) is 18.3 Å². The van der Waals surface area contributed by atoms with Gasteiger partial charge in [0.25, 0.3) is 0 Å². The zero-order chi connectivity index (χ0) is 13.4. The molecule has 1 heterocycles. The molecule has 5 heteroatoms. The van der Waals surface area contributed by atoms with Crippen LogP contribution in [0.15, 0.2) is 24.3 Å². The van der Waals surface area contributed by atoms with E-state index in [0.717, 1.165) is 35.5 Å². The summed E-state index contributed by atoms with van der Waals surface area (Å²) in [4.78, 5) is 4.64. The highest BCUT2D eigenvalue weighted by molar-refractivity contribution is 5.74. The van der Waals surface area contributed by atoms with E-state index in [1.54, 1.807) is 7.11 Å². The predicted octanol–water partition coefficient (Wildman–Crippen LogP) is 1.87. The first kappa shape index (κ1) is 12.0. The van der Waals surface area contributed by atoms with Crippen LogP contribution in [0.25, 0.3) is 11.3 Å². The zero-order valence-electron chi connectivity index (χ0n) is 11.0. The van der Waals surface area contributed by atoms with Crippen molar-refractivity contribution in [2.24, 2.45) is 0 Å². The Kier molecular flexibility index (Phi) is 2.91. The Hall–Kier alpha value is -2.01. The van der Waals surface area contributed by atoms with Gasteiger partial charge in [0, 0.05) is 18.6 Å². The molecule has 1 aromatic heterocycles. The van der Waals surface area contributed by atoms with Crippen LogP contribution in [-0.4, -0.2) is 16.8 Å². The number of benzene rings is 1. The molecule has 1 saturated carbocycles. The van der Waals surface area contributed by atoms with Gasteiger partial charge in [0.15, 0.2) is 5.82 Å². The molecule has 0 radical (unpaired) electrons. The summed E-state index contributed by atoms with van der Waals surface area (Å²) in [6, 6.07) is 7.98. The van der Waals surface area contributed by atoms with Gasteiger partial charge in [0.05, 0.1) is 6.61 Å². The van der Waals surface area contributed by atoms with Crippen molar-refractivity contribution in [3.05, 3.63) is 35.7 Å². The molecule has 2 aromatic rings. The molecule has 5 nitrogen and oxygen atoms in total. The van der Waals surface area contributed by atoms with Gasteiger partial charge in [-0.05, 0) is 18.4 Å². The number of nitrogens with zero attached hydrogens (tertiary/aromatic N) is 2. The van der Waals surface area contributed by atoms with Crippen molar-refractivity contribution in [1.82, 2.24) is 9.66 Å². The number of hydrogen-bond donors (Lipinski definition) is 2. The molecule has 1 aliphatic carbocycles. The second-order valence-electron chi connectivity index (χ2n) is 4.94. The fourth-order valence-electron chi connectivity index (χ4n) is 2.32. The lowest BCUT2D eigenvalue weighted by Gasteiger charge is -2.07. The molecule has 0 bridgehead atoms. The summed E-state index contributed by atoms with van der Waals surface area (Å²) in [5, 5.41) is 0. The predicted molar refractivity (Wildman–Crippen MR) is 74.9 cm³/mol. The molecule has 0 spiro atoms. The van der Waals surface area contributed by atoms with Gasteiger partial charge >= 0.3 is 0 Å². The largest absolute Gasteiger partial charge is 0.382 e. The van der Waals surface area contributed by atoms with E-state index in [4.69, 9.17) is 16.3 Å². The number of rotatable bonds is 4. The van der Waals surface area contributed by atoms with Crippen molar-refractivity contribution in [2.45, 2.75) is 25.4 Å². The summed E-state index contributed by atoms with van der Waals surface area (Å²) in [5.41, 5.74) is 8.92. The van der Waals surface area contributed by atoms with E-state index in [9.17, 15) is 0 Å². The molecule has 1 fully saturated rings. The fourth-order valence-corrected chi connectivity index (χ4v) is 2.32. The van der Waals surface area contributed by atoms with E-state index in [-0.39, 0.29) is 0 Å². The Labute approximate surface area is 112 Å². The minimum Gasteiger partial charge on any atom is -0.382 e. The number of ether oxygens (including phenoxy) is 1. The summed E-state index contributed by atoms with van der Waals surface area (Å²) in [6.45, 7) is 0.534. The van der Waals surface area contributed by atoms with Crippen molar-refractivity contribution in [3.63, 3.8) is 0 Å². The Balaban J connectivity index is 2.09. The quantitative estimate of drug-likeness (QED) is 0.820. The molecule has 0 unspecified atom stereocenters. The van der Waals surface area contributed by atoms with Crippen LogP contribution in [0.3, 0.4) is 0 Å². The van der Waals surface area contributed by atoms with Gasteiger partial charge in [-0.2, -0.15) is 0 Å². The first-order valence-corrected chi connectivity index (χ1v) is 6.42. The molecule has 0 aliphatic heterocycles. The van der Waals surface area contributed by atoms with Gasteiger partial charge in [-0.3, -0.25) is 0 Å². The van der Waals surface area contributed by atoms with Gasteiger partial charge in [0.1, 0.15) is 11.5 Å². The number of nitrogens with two attached hydrogens (primary N) is 2. The Morgan fingerprint density at radius 3 is 2.79 bits per heavy atom. The SMILES string of the molecule is COCc1ccccc1-c1nc(C2CC2)n(N)c1N. The lowest BCUT2D eigenvalue weighted by Crippen LogP contribution is -2.14. The lowest BCUT2D eigenvalue weighted by molar-refractivity contribution is 0.185. The molecule has 4 N–H and O–H groups in total. The van der Waals surface area contributed by atoms with Crippen molar-refractivity contribution >= 4 is 5.82 Å². The third-order valence-corrected chi connectivity index (χ3v) is 3.49. The monoisotopic (exact) mass is 258 g/mol. The van der Waals surface area contributed by atoms with Crippen LogP contribution < -0.4 is 11.6 Å². The summed E-state index contributed by atoms with van der Waals surface area (Å²) in [5.74, 6) is 7.88. The maximum atomic E-state index is 6.10. The van der Waals surface area contributed by atoms with E-state index in [2.05, 4.69) is 4.98 Å². The number of nitrogen functional groups attached to an aromatic ring is 2. The van der Waals surface area contributed by atoms with E-state index in [1.807, 2.05) is 24.3 Å². The smallest absolute Gasteiger partial charge is 0.150 e. The number of aromatic nitrogens is 2. The lowest BCUT2D eigenvalue weighted by atomic mass is 10.1. The highest BCUT2D eigenvalue weighted by Crippen LogP contribution is 2.41. The topological polar surface area (TPSA) is 79.1 Å². The summed E-state index contributed by atoms with van der Waals surface area (Å²) < 4.78 is 6.74. The van der Waals surface area contributed by atoms with Crippen molar-refractivity contribution in [1.29, 1.82) is 0 Å². The van der Waals surface area contributed by atoms with Crippen LogP contribution >= 0.6 is 0 Å². The van der Waals surface area contributed by atoms with Crippen molar-refractivity contribution < 1.29 is 4.74 Å². The number of hydrogen-bond acceptors (Lipinski definition) is 4. The van der Waals surface area contributed by atoms with Crippen LogP contribution in [-0.2, 0) is 11.3 Å². The minimum atomic E-state index is 0.468. The highest BCUT2D eigenvalue weighted by atomic mass is 16.5. The van der Waals surface area contributed by atoms with Crippen LogP contribution in [0.4, 0.5) is 5.82 Å². The van der Waals surface area contributed by atoms with Gasteiger partial charge < -0.3 is 16.3 Å². The summed E-state index contributed by atoms with van der Waals surface area (Å²) in [6.07, 6.45) is 2.29. The van der Waals surface area contributed by atoms with Crippen molar-refractivity contribution in [3.8, 4) is 11.3 Å². The first-order chi connectivity index (χ1) is 9.22. The Morgan fingerprint density at radius 2 is 2.11 bits per heavy atom. The summed E-state index contributed by atoms with van der Waals surface area (Å²) in [7, 11) is 1.68. The Morgan fingerprint density at radius 1 is 1.37 bits per heavy atom. The highest BCUT2D eigenvalue weighted by Gasteiger charge is 2.30. The van der Waals surface area contributed by atoms with Crippen LogP contribution in [0, 0.1) is 0 Å². The molecule has 100 valence electrons. The van der Waals surface area contributed by atoms with Gasteiger partial charge in [-0.15, -0.1) is 0 Å². The fraction of sp³-hybridized carbons (Fsp3) is 0.357. The molecule has 0 amide bonds.